The van der Waals surface area contributed by atoms with Gasteiger partial charge in [-0.25, -0.2) is 0 Å². The molecule has 0 aliphatic rings. The van der Waals surface area contributed by atoms with Crippen LogP contribution in [-0.2, 0) is 6.61 Å². The number of carbonyl (C=O) groups excluding carboxylic acids is 1. The molecular formula is C19H17ClN2O4. The Morgan fingerprint density at radius 3 is 2.42 bits per heavy atom. The molecule has 1 amide bonds. The molecule has 0 fully saturated rings. The largest absolute Gasteiger partial charge is 0.497 e. The van der Waals surface area contributed by atoms with E-state index in [0.717, 1.165) is 0 Å². The minimum absolute atomic E-state index is 0.155. The number of anilines is 1. The highest BCUT2D eigenvalue weighted by Crippen LogP contribution is 2.21. The molecular weight excluding hydrogens is 356 g/mol. The van der Waals surface area contributed by atoms with Gasteiger partial charge < -0.3 is 19.3 Å². The molecule has 6 nitrogen and oxygen atoms in total. The van der Waals surface area contributed by atoms with E-state index in [9.17, 15) is 4.79 Å². The number of hydrogen-bond acceptors (Lipinski definition) is 5. The first-order valence-electron chi connectivity index (χ1n) is 7.85. The Kier molecular flexibility index (Phi) is 5.43. The topological polar surface area (TPSA) is 73.6 Å². The van der Waals surface area contributed by atoms with Gasteiger partial charge >= 0.3 is 0 Å². The average molecular weight is 373 g/mol. The van der Waals surface area contributed by atoms with Crippen LogP contribution in [0.5, 0.6) is 11.5 Å². The second kappa shape index (κ2) is 7.93. The molecule has 1 heterocycles. The number of aryl methyl sites for hydroxylation is 1. The molecule has 26 heavy (non-hydrogen) atoms. The Morgan fingerprint density at radius 1 is 1.12 bits per heavy atom. The molecule has 0 aliphatic carbocycles. The number of methoxy groups -OCH3 is 1. The summed E-state index contributed by atoms with van der Waals surface area (Å²) in [5.41, 5.74) is 1.40. The second-order valence-electron chi connectivity index (χ2n) is 5.49. The average Bonchev–Trinajstić information content (AvgIpc) is 3.02. The first-order valence-corrected chi connectivity index (χ1v) is 8.23. The third-order valence-corrected chi connectivity index (χ3v) is 4.00. The van der Waals surface area contributed by atoms with Gasteiger partial charge in [0.25, 0.3) is 5.91 Å². The number of halogens is 1. The number of rotatable bonds is 6. The van der Waals surface area contributed by atoms with Gasteiger partial charge in [-0.3, -0.25) is 4.79 Å². The number of amides is 1. The summed E-state index contributed by atoms with van der Waals surface area (Å²) < 4.78 is 16.0. The number of nitrogens with zero attached hydrogens (tertiary/aromatic N) is 1. The van der Waals surface area contributed by atoms with E-state index in [2.05, 4.69) is 10.5 Å². The second-order valence-corrected chi connectivity index (χ2v) is 5.93. The molecule has 7 heteroatoms. The fourth-order valence-electron chi connectivity index (χ4n) is 2.29. The van der Waals surface area contributed by atoms with Crippen LogP contribution in [0.25, 0.3) is 0 Å². The molecule has 1 aromatic heterocycles. The van der Waals surface area contributed by atoms with Crippen molar-refractivity contribution in [1.82, 2.24) is 5.16 Å². The van der Waals surface area contributed by atoms with Crippen molar-refractivity contribution in [3.8, 4) is 11.5 Å². The lowest BCUT2D eigenvalue weighted by molar-refractivity contribution is 0.101. The molecule has 0 saturated carbocycles. The summed E-state index contributed by atoms with van der Waals surface area (Å²) in [5, 5.41) is 7.26. The lowest BCUT2D eigenvalue weighted by Crippen LogP contribution is -2.15. The van der Waals surface area contributed by atoms with Gasteiger partial charge in [-0.15, -0.1) is 0 Å². The number of nitrogens with one attached hydrogen (secondary N) is 1. The van der Waals surface area contributed by atoms with Crippen molar-refractivity contribution >= 4 is 23.2 Å². The van der Waals surface area contributed by atoms with E-state index >= 15 is 0 Å². The Labute approximate surface area is 155 Å². The normalized spacial score (nSPS) is 10.4. The van der Waals surface area contributed by atoms with Crippen LogP contribution in [-0.4, -0.2) is 18.2 Å². The van der Waals surface area contributed by atoms with E-state index in [0.29, 0.717) is 33.5 Å². The van der Waals surface area contributed by atoms with Crippen LogP contribution in [0.15, 0.2) is 53.1 Å². The Bertz CT molecular complexity index is 889. The summed E-state index contributed by atoms with van der Waals surface area (Å²) in [4.78, 5) is 12.5. The standard InChI is InChI=1S/C19H17ClN2O4/c1-12-17(11-25-16-7-3-13(20)4-8-16)18(22-26-12)19(23)21-14-5-9-15(24-2)10-6-14/h3-10H,11H2,1-2H3,(H,21,23). The third-order valence-electron chi connectivity index (χ3n) is 3.74. The Balaban J connectivity index is 1.71. The lowest BCUT2D eigenvalue weighted by atomic mass is 10.2. The predicted octanol–water partition coefficient (Wildman–Crippen LogP) is 4.48. The summed E-state index contributed by atoms with van der Waals surface area (Å²) in [6.07, 6.45) is 0. The van der Waals surface area contributed by atoms with E-state index in [1.54, 1.807) is 62.6 Å². The fourth-order valence-corrected chi connectivity index (χ4v) is 2.42. The zero-order chi connectivity index (χ0) is 18.5. The molecule has 0 saturated heterocycles. The van der Waals surface area contributed by atoms with Gasteiger partial charge in [0.1, 0.15) is 23.9 Å². The van der Waals surface area contributed by atoms with Crippen LogP contribution in [0.4, 0.5) is 5.69 Å². The van der Waals surface area contributed by atoms with Crippen LogP contribution in [0.3, 0.4) is 0 Å². The van der Waals surface area contributed by atoms with Crippen molar-refractivity contribution in [2.45, 2.75) is 13.5 Å². The van der Waals surface area contributed by atoms with Gasteiger partial charge in [-0.2, -0.15) is 0 Å². The minimum atomic E-state index is -0.373. The number of hydrogen-bond donors (Lipinski definition) is 1. The van der Waals surface area contributed by atoms with Crippen LogP contribution < -0.4 is 14.8 Å². The fraction of sp³-hybridized carbons (Fsp3) is 0.158. The summed E-state index contributed by atoms with van der Waals surface area (Å²) in [7, 11) is 1.58. The first-order chi connectivity index (χ1) is 12.6. The van der Waals surface area contributed by atoms with Gasteiger partial charge in [0.2, 0.25) is 0 Å². The molecule has 1 N–H and O–H groups in total. The van der Waals surface area contributed by atoms with Crippen LogP contribution in [0.2, 0.25) is 5.02 Å². The van der Waals surface area contributed by atoms with E-state index in [4.69, 9.17) is 25.6 Å². The quantitative estimate of drug-likeness (QED) is 0.690. The highest BCUT2D eigenvalue weighted by Gasteiger charge is 2.20. The SMILES string of the molecule is COc1ccc(NC(=O)c2noc(C)c2COc2ccc(Cl)cc2)cc1. The van der Waals surface area contributed by atoms with Crippen LogP contribution in [0, 0.1) is 6.92 Å². The van der Waals surface area contributed by atoms with Gasteiger partial charge in [0.15, 0.2) is 5.69 Å². The maximum Gasteiger partial charge on any atom is 0.278 e. The zero-order valence-electron chi connectivity index (χ0n) is 14.3. The van der Waals surface area contributed by atoms with Gasteiger partial charge in [-0.1, -0.05) is 16.8 Å². The van der Waals surface area contributed by atoms with Crippen molar-refractivity contribution in [3.05, 3.63) is 70.6 Å². The van der Waals surface area contributed by atoms with Gasteiger partial charge in [-0.05, 0) is 55.5 Å². The van der Waals surface area contributed by atoms with E-state index in [-0.39, 0.29) is 18.2 Å². The lowest BCUT2D eigenvalue weighted by Gasteiger charge is -2.08. The molecule has 0 atom stereocenters. The van der Waals surface area contributed by atoms with Gasteiger partial charge in [0, 0.05) is 10.7 Å². The Hall–Kier alpha value is -2.99. The summed E-state index contributed by atoms with van der Waals surface area (Å²) >= 11 is 5.86. The van der Waals surface area contributed by atoms with Crippen molar-refractivity contribution in [2.75, 3.05) is 12.4 Å². The van der Waals surface area contributed by atoms with E-state index in [1.807, 2.05) is 0 Å². The molecule has 0 unspecified atom stereocenters. The number of aromatic nitrogens is 1. The molecule has 0 spiro atoms. The molecule has 0 bridgehead atoms. The van der Waals surface area contributed by atoms with Crippen LogP contribution in [0.1, 0.15) is 21.8 Å². The highest BCUT2D eigenvalue weighted by molar-refractivity contribution is 6.30. The smallest absolute Gasteiger partial charge is 0.278 e. The molecule has 0 radical (unpaired) electrons. The predicted molar refractivity (Wildman–Crippen MR) is 98.0 cm³/mol. The third kappa shape index (κ3) is 4.15. The van der Waals surface area contributed by atoms with Gasteiger partial charge in [0.05, 0.1) is 12.7 Å². The Morgan fingerprint density at radius 2 is 1.77 bits per heavy atom. The molecule has 0 aliphatic heterocycles. The maximum atomic E-state index is 12.5. The minimum Gasteiger partial charge on any atom is -0.497 e. The first kappa shape index (κ1) is 17.8. The monoisotopic (exact) mass is 372 g/mol. The molecule has 3 aromatic rings. The number of ether oxygens (including phenoxy) is 2. The van der Waals surface area contributed by atoms with Crippen LogP contribution >= 0.6 is 11.6 Å². The number of carbonyl (C=O) groups is 1. The zero-order valence-corrected chi connectivity index (χ0v) is 15.0. The molecule has 3 rings (SSSR count). The molecule has 2 aromatic carbocycles. The van der Waals surface area contributed by atoms with E-state index < -0.39 is 0 Å². The van der Waals surface area contributed by atoms with Crippen molar-refractivity contribution in [1.29, 1.82) is 0 Å². The summed E-state index contributed by atoms with van der Waals surface area (Å²) in [6, 6.07) is 14.0. The molecule has 134 valence electrons. The van der Waals surface area contributed by atoms with Crippen molar-refractivity contribution in [3.63, 3.8) is 0 Å². The van der Waals surface area contributed by atoms with Crippen molar-refractivity contribution in [2.24, 2.45) is 0 Å². The summed E-state index contributed by atoms with van der Waals surface area (Å²) in [5.74, 6) is 1.49. The highest BCUT2D eigenvalue weighted by atomic mass is 35.5. The van der Waals surface area contributed by atoms with Crippen molar-refractivity contribution < 1.29 is 18.8 Å². The summed E-state index contributed by atoms with van der Waals surface area (Å²) in [6.45, 7) is 1.89. The van der Waals surface area contributed by atoms with E-state index in [1.165, 1.54) is 0 Å². The maximum absolute atomic E-state index is 12.5. The number of benzene rings is 2.